The third-order valence-electron chi connectivity index (χ3n) is 4.89. The van der Waals surface area contributed by atoms with Crippen LogP contribution in [0.1, 0.15) is 39.0 Å². The molecule has 0 amide bonds. The Morgan fingerprint density at radius 1 is 0.966 bits per heavy atom. The Hall–Kier alpha value is -1.56. The normalized spacial score (nSPS) is 17.4. The van der Waals surface area contributed by atoms with Crippen molar-refractivity contribution in [2.45, 2.75) is 45.2 Å². The minimum atomic E-state index is 0.128. The van der Waals surface area contributed by atoms with Gasteiger partial charge in [0.15, 0.2) is 0 Å². The molecule has 1 rings (SSSR count). The van der Waals surface area contributed by atoms with Gasteiger partial charge in [-0.2, -0.15) is 0 Å². The second kappa shape index (κ2) is 15.3. The summed E-state index contributed by atoms with van der Waals surface area (Å²) in [6.07, 6.45) is 9.55. The maximum Gasteiger partial charge on any atom is 0.0545 e. The molecule has 0 aromatic carbocycles. The molecule has 0 aromatic rings. The fraction of sp³-hybridized carbons (Fsp3) is 0.789. The highest BCUT2D eigenvalue weighted by Crippen LogP contribution is 2.08. The van der Waals surface area contributed by atoms with Gasteiger partial charge >= 0.3 is 0 Å². The van der Waals surface area contributed by atoms with E-state index in [4.69, 9.17) is 28.9 Å². The highest BCUT2D eigenvalue weighted by atomic mass is 15.4. The lowest BCUT2D eigenvalue weighted by Gasteiger charge is -2.27. The highest BCUT2D eigenvalue weighted by molar-refractivity contribution is 4.98. The first kappa shape index (κ1) is 25.5. The van der Waals surface area contributed by atoms with Crippen LogP contribution in [-0.4, -0.2) is 73.4 Å². The monoisotopic (exact) mass is 412 g/mol. The van der Waals surface area contributed by atoms with E-state index in [2.05, 4.69) is 22.5 Å². The minimum absolute atomic E-state index is 0.128. The molecule has 1 aliphatic heterocycles. The van der Waals surface area contributed by atoms with Gasteiger partial charge in [-0.3, -0.25) is 5.32 Å². The number of hydrogen-bond acceptors (Lipinski definition) is 10. The predicted molar refractivity (Wildman–Crippen MR) is 120 cm³/mol. The number of nitrogens with one attached hydrogen (secondary N) is 2. The molecule has 1 saturated heterocycles. The topological polar surface area (TPSA) is 164 Å². The first-order valence-corrected chi connectivity index (χ1v) is 10.7. The average molecular weight is 413 g/mol. The SMILES string of the molecule is CC(NCCCN(N)/C=C(\N)CN)NC/C(N)=C/N(N)CCCN1CCCCC1. The Labute approximate surface area is 176 Å². The number of hydrogen-bond donors (Lipinski definition) is 7. The number of nitrogens with two attached hydrogens (primary N) is 5. The summed E-state index contributed by atoms with van der Waals surface area (Å²) in [5, 5.41) is 9.97. The molecule has 10 nitrogen and oxygen atoms in total. The average Bonchev–Trinajstić information content (AvgIpc) is 2.70. The quantitative estimate of drug-likeness (QED) is 0.0743. The van der Waals surface area contributed by atoms with Gasteiger partial charge in [0.1, 0.15) is 0 Å². The first-order valence-electron chi connectivity index (χ1n) is 10.7. The van der Waals surface area contributed by atoms with E-state index < -0.39 is 0 Å². The summed E-state index contributed by atoms with van der Waals surface area (Å²) in [6, 6.07) is 0. The molecule has 0 aliphatic carbocycles. The van der Waals surface area contributed by atoms with Gasteiger partial charge in [-0.15, -0.1) is 0 Å². The molecular weight excluding hydrogens is 368 g/mol. The van der Waals surface area contributed by atoms with Crippen molar-refractivity contribution in [3.8, 4) is 0 Å². The lowest BCUT2D eigenvalue weighted by molar-refractivity contribution is 0.216. The zero-order valence-electron chi connectivity index (χ0n) is 18.2. The Balaban J connectivity index is 2.09. The van der Waals surface area contributed by atoms with Crippen LogP contribution in [0.5, 0.6) is 0 Å². The van der Waals surface area contributed by atoms with Crippen LogP contribution in [0, 0.1) is 0 Å². The summed E-state index contributed by atoms with van der Waals surface area (Å²) in [5.41, 5.74) is 18.4. The van der Waals surface area contributed by atoms with Gasteiger partial charge < -0.3 is 37.4 Å². The molecule has 1 unspecified atom stereocenters. The van der Waals surface area contributed by atoms with E-state index in [1.54, 1.807) is 16.2 Å². The van der Waals surface area contributed by atoms with E-state index >= 15 is 0 Å². The molecule has 0 spiro atoms. The smallest absolute Gasteiger partial charge is 0.0545 e. The van der Waals surface area contributed by atoms with Crippen molar-refractivity contribution in [1.29, 1.82) is 0 Å². The summed E-state index contributed by atoms with van der Waals surface area (Å²) in [5.74, 6) is 11.9. The maximum atomic E-state index is 6.08. The predicted octanol–water partition coefficient (Wildman–Crippen LogP) is -1.31. The van der Waals surface area contributed by atoms with Crippen LogP contribution in [-0.2, 0) is 0 Å². The third kappa shape index (κ3) is 13.3. The van der Waals surface area contributed by atoms with E-state index in [9.17, 15) is 0 Å². The number of hydrazine groups is 2. The molecule has 1 fully saturated rings. The van der Waals surface area contributed by atoms with Crippen LogP contribution in [0.25, 0.3) is 0 Å². The summed E-state index contributed by atoms with van der Waals surface area (Å²) >= 11 is 0. The van der Waals surface area contributed by atoms with Gasteiger partial charge in [-0.1, -0.05) is 6.42 Å². The van der Waals surface area contributed by atoms with Crippen molar-refractivity contribution in [1.82, 2.24) is 25.6 Å². The molecular formula is C19H44N10. The first-order chi connectivity index (χ1) is 13.9. The fourth-order valence-electron chi connectivity index (χ4n) is 3.24. The standard InChI is InChI=1S/C19H44N10/c1-17(25-7-5-11-28(23)15-18(21)13-20)26-14-19(22)16-29(24)12-6-10-27-8-3-2-4-9-27/h15-17,25-26H,2-14,20-24H2,1H3/b18-15-,19-16-. The summed E-state index contributed by atoms with van der Waals surface area (Å²) in [7, 11) is 0. The molecule has 29 heavy (non-hydrogen) atoms. The second-order valence-corrected chi connectivity index (χ2v) is 7.75. The van der Waals surface area contributed by atoms with Crippen molar-refractivity contribution in [3.05, 3.63) is 23.8 Å². The molecule has 0 aromatic heterocycles. The zero-order chi connectivity index (χ0) is 21.5. The van der Waals surface area contributed by atoms with Crippen LogP contribution in [0.4, 0.5) is 0 Å². The summed E-state index contributed by atoms with van der Waals surface area (Å²) in [6.45, 7) is 8.81. The molecule has 0 saturated carbocycles. The zero-order valence-corrected chi connectivity index (χ0v) is 18.2. The molecule has 170 valence electrons. The van der Waals surface area contributed by atoms with E-state index in [0.717, 1.165) is 38.2 Å². The largest absolute Gasteiger partial charge is 0.400 e. The van der Waals surface area contributed by atoms with Crippen LogP contribution >= 0.6 is 0 Å². The van der Waals surface area contributed by atoms with E-state index in [-0.39, 0.29) is 6.17 Å². The van der Waals surface area contributed by atoms with Gasteiger partial charge in [0.05, 0.1) is 6.17 Å². The number of nitrogens with zero attached hydrogens (tertiary/aromatic N) is 3. The highest BCUT2D eigenvalue weighted by Gasteiger charge is 2.09. The van der Waals surface area contributed by atoms with Gasteiger partial charge in [0, 0.05) is 50.0 Å². The Bertz CT molecular complexity index is 476. The molecule has 1 atom stereocenters. The van der Waals surface area contributed by atoms with E-state index in [1.807, 2.05) is 6.20 Å². The van der Waals surface area contributed by atoms with Crippen molar-refractivity contribution in [3.63, 3.8) is 0 Å². The van der Waals surface area contributed by atoms with Gasteiger partial charge in [-0.25, -0.2) is 11.7 Å². The van der Waals surface area contributed by atoms with Crippen molar-refractivity contribution < 1.29 is 0 Å². The minimum Gasteiger partial charge on any atom is -0.400 e. The van der Waals surface area contributed by atoms with Crippen LogP contribution in [0.2, 0.25) is 0 Å². The van der Waals surface area contributed by atoms with E-state index in [0.29, 0.717) is 25.3 Å². The Kier molecular flexibility index (Phi) is 13.4. The van der Waals surface area contributed by atoms with Crippen molar-refractivity contribution in [2.24, 2.45) is 28.9 Å². The van der Waals surface area contributed by atoms with Gasteiger partial charge in [-0.05, 0) is 58.8 Å². The number of piperidine rings is 1. The second-order valence-electron chi connectivity index (χ2n) is 7.75. The molecule has 12 N–H and O–H groups in total. The molecule has 10 heteroatoms. The third-order valence-corrected chi connectivity index (χ3v) is 4.89. The lowest BCUT2D eigenvalue weighted by atomic mass is 10.1. The Morgan fingerprint density at radius 3 is 2.24 bits per heavy atom. The number of likely N-dealkylation sites (tertiary alicyclic amines) is 1. The van der Waals surface area contributed by atoms with Crippen LogP contribution < -0.4 is 39.5 Å². The maximum absolute atomic E-state index is 6.08. The lowest BCUT2D eigenvalue weighted by Crippen LogP contribution is -2.43. The van der Waals surface area contributed by atoms with E-state index in [1.165, 1.54) is 32.4 Å². The van der Waals surface area contributed by atoms with Crippen molar-refractivity contribution >= 4 is 0 Å². The molecule has 0 radical (unpaired) electrons. The van der Waals surface area contributed by atoms with Crippen LogP contribution in [0.15, 0.2) is 23.8 Å². The summed E-state index contributed by atoms with van der Waals surface area (Å²) in [4.78, 5) is 2.52. The number of rotatable bonds is 15. The van der Waals surface area contributed by atoms with Gasteiger partial charge in [0.2, 0.25) is 0 Å². The molecule has 1 heterocycles. The molecule has 1 aliphatic rings. The van der Waals surface area contributed by atoms with Crippen LogP contribution in [0.3, 0.4) is 0 Å². The fourth-order valence-corrected chi connectivity index (χ4v) is 3.24. The van der Waals surface area contributed by atoms with Gasteiger partial charge in [0.25, 0.3) is 0 Å². The van der Waals surface area contributed by atoms with Crippen molar-refractivity contribution in [2.75, 3.05) is 52.4 Å². The summed E-state index contributed by atoms with van der Waals surface area (Å²) < 4.78 is 0. The molecule has 0 bridgehead atoms. The Morgan fingerprint density at radius 2 is 1.59 bits per heavy atom.